The van der Waals surface area contributed by atoms with Crippen LogP contribution in [0, 0.1) is 6.92 Å². The van der Waals surface area contributed by atoms with E-state index in [-0.39, 0.29) is 0 Å². The van der Waals surface area contributed by atoms with Crippen LogP contribution in [-0.4, -0.2) is 37.7 Å². The van der Waals surface area contributed by atoms with E-state index < -0.39 is 0 Å². The molecule has 0 saturated carbocycles. The number of aliphatic imine (C=N–C) groups is 1. The maximum atomic E-state index is 5.66. The predicted octanol–water partition coefficient (Wildman–Crippen LogP) is 3.00. The van der Waals surface area contributed by atoms with E-state index in [4.69, 9.17) is 4.74 Å². The third-order valence-corrected chi connectivity index (χ3v) is 4.39. The van der Waals surface area contributed by atoms with Crippen LogP contribution in [-0.2, 0) is 6.42 Å². The standard InChI is InChI=1S/C16H21BrN4OS/c1-12-21-14(11-23-12)7-8-19-16(18-2)20-9-10-22-15-5-3-13(17)4-6-15/h3-6,11H,7-10H2,1-2H3,(H2,18,19,20). The van der Waals surface area contributed by atoms with Gasteiger partial charge in [0.2, 0.25) is 0 Å². The molecule has 1 heterocycles. The van der Waals surface area contributed by atoms with Crippen LogP contribution in [0.1, 0.15) is 10.7 Å². The molecule has 0 unspecified atom stereocenters. The monoisotopic (exact) mass is 396 g/mol. The van der Waals surface area contributed by atoms with Crippen molar-refractivity contribution in [3.8, 4) is 5.75 Å². The van der Waals surface area contributed by atoms with Crippen molar-refractivity contribution in [2.24, 2.45) is 4.99 Å². The number of nitrogens with one attached hydrogen (secondary N) is 2. The second-order valence-electron chi connectivity index (χ2n) is 4.84. The zero-order valence-electron chi connectivity index (χ0n) is 13.3. The van der Waals surface area contributed by atoms with Crippen LogP contribution < -0.4 is 15.4 Å². The fourth-order valence-corrected chi connectivity index (χ4v) is 2.83. The van der Waals surface area contributed by atoms with Crippen LogP contribution in [0.25, 0.3) is 0 Å². The quantitative estimate of drug-likeness (QED) is 0.429. The Morgan fingerprint density at radius 3 is 2.65 bits per heavy atom. The fraction of sp³-hybridized carbons (Fsp3) is 0.375. The molecule has 0 aliphatic carbocycles. The summed E-state index contributed by atoms with van der Waals surface area (Å²) in [6, 6.07) is 7.80. The Morgan fingerprint density at radius 1 is 1.26 bits per heavy atom. The number of aromatic nitrogens is 1. The molecule has 2 rings (SSSR count). The molecule has 0 fully saturated rings. The van der Waals surface area contributed by atoms with E-state index >= 15 is 0 Å². The lowest BCUT2D eigenvalue weighted by Crippen LogP contribution is -2.40. The molecule has 0 spiro atoms. The first-order valence-corrected chi connectivity index (χ1v) is 9.08. The SMILES string of the molecule is CN=C(NCCOc1ccc(Br)cc1)NCCc1csc(C)n1. The first kappa shape index (κ1) is 17.7. The summed E-state index contributed by atoms with van der Waals surface area (Å²) in [5, 5.41) is 9.71. The van der Waals surface area contributed by atoms with Crippen LogP contribution in [0.5, 0.6) is 5.75 Å². The van der Waals surface area contributed by atoms with E-state index in [0.717, 1.165) is 39.8 Å². The molecule has 0 bridgehead atoms. The van der Waals surface area contributed by atoms with Gasteiger partial charge in [-0.2, -0.15) is 0 Å². The highest BCUT2D eigenvalue weighted by Gasteiger charge is 2.01. The molecular formula is C16H21BrN4OS. The number of guanidine groups is 1. The van der Waals surface area contributed by atoms with E-state index in [1.54, 1.807) is 18.4 Å². The lowest BCUT2D eigenvalue weighted by molar-refractivity contribution is 0.322. The predicted molar refractivity (Wildman–Crippen MR) is 99.6 cm³/mol. The van der Waals surface area contributed by atoms with E-state index in [2.05, 4.69) is 41.9 Å². The topological polar surface area (TPSA) is 58.5 Å². The fourth-order valence-electron chi connectivity index (χ4n) is 1.92. The Labute approximate surface area is 149 Å². The van der Waals surface area contributed by atoms with E-state index in [1.807, 2.05) is 31.2 Å². The highest BCUT2D eigenvalue weighted by atomic mass is 79.9. The highest BCUT2D eigenvalue weighted by molar-refractivity contribution is 9.10. The van der Waals surface area contributed by atoms with E-state index in [1.165, 1.54) is 0 Å². The summed E-state index contributed by atoms with van der Waals surface area (Å²) in [7, 11) is 1.76. The third kappa shape index (κ3) is 6.58. The van der Waals surface area contributed by atoms with Gasteiger partial charge in [0, 0.05) is 29.9 Å². The molecule has 0 atom stereocenters. The van der Waals surface area contributed by atoms with Crippen LogP contribution in [0.2, 0.25) is 0 Å². The Hall–Kier alpha value is -1.60. The highest BCUT2D eigenvalue weighted by Crippen LogP contribution is 2.15. The minimum absolute atomic E-state index is 0.577. The number of hydrogen-bond donors (Lipinski definition) is 2. The summed E-state index contributed by atoms with van der Waals surface area (Å²) in [5.41, 5.74) is 1.12. The summed E-state index contributed by atoms with van der Waals surface area (Å²) in [6.07, 6.45) is 0.889. The smallest absolute Gasteiger partial charge is 0.191 e. The van der Waals surface area contributed by atoms with Crippen LogP contribution >= 0.6 is 27.3 Å². The lowest BCUT2D eigenvalue weighted by Gasteiger charge is -2.12. The van der Waals surface area contributed by atoms with Crippen LogP contribution in [0.3, 0.4) is 0 Å². The molecule has 1 aromatic heterocycles. The maximum absolute atomic E-state index is 5.66. The van der Waals surface area contributed by atoms with Gasteiger partial charge in [0.15, 0.2) is 5.96 Å². The van der Waals surface area contributed by atoms with Crippen molar-refractivity contribution >= 4 is 33.2 Å². The average Bonchev–Trinajstić information content (AvgIpc) is 2.97. The first-order valence-electron chi connectivity index (χ1n) is 7.41. The van der Waals surface area contributed by atoms with Gasteiger partial charge < -0.3 is 15.4 Å². The van der Waals surface area contributed by atoms with Gasteiger partial charge in [0.25, 0.3) is 0 Å². The number of rotatable bonds is 7. The Balaban J connectivity index is 1.62. The molecule has 0 aliphatic heterocycles. The molecule has 0 saturated heterocycles. The first-order chi connectivity index (χ1) is 11.2. The molecule has 23 heavy (non-hydrogen) atoms. The molecule has 124 valence electrons. The molecule has 0 radical (unpaired) electrons. The number of ether oxygens (including phenoxy) is 1. The molecule has 2 N–H and O–H groups in total. The maximum Gasteiger partial charge on any atom is 0.191 e. The molecule has 0 aliphatic rings. The van der Waals surface area contributed by atoms with Gasteiger partial charge in [0.05, 0.1) is 17.2 Å². The molecule has 1 aromatic carbocycles. The largest absolute Gasteiger partial charge is 0.492 e. The number of thiazole rings is 1. The van der Waals surface area contributed by atoms with Crippen molar-refractivity contribution in [3.63, 3.8) is 0 Å². The summed E-state index contributed by atoms with van der Waals surface area (Å²) in [5.74, 6) is 1.63. The Kier molecular flexibility index (Phi) is 7.35. The van der Waals surface area contributed by atoms with Crippen molar-refractivity contribution in [2.75, 3.05) is 26.7 Å². The summed E-state index contributed by atoms with van der Waals surface area (Å²) >= 11 is 5.08. The Bertz CT molecular complexity index is 627. The Morgan fingerprint density at radius 2 is 2.00 bits per heavy atom. The van der Waals surface area contributed by atoms with Gasteiger partial charge in [-0.3, -0.25) is 4.99 Å². The molecule has 5 nitrogen and oxygen atoms in total. The average molecular weight is 397 g/mol. The summed E-state index contributed by atoms with van der Waals surface area (Å²) in [4.78, 5) is 8.64. The molecule has 7 heteroatoms. The second-order valence-corrected chi connectivity index (χ2v) is 6.81. The number of benzene rings is 1. The van der Waals surface area contributed by atoms with Crippen LogP contribution in [0.15, 0.2) is 39.1 Å². The lowest BCUT2D eigenvalue weighted by atomic mass is 10.3. The van der Waals surface area contributed by atoms with Crippen molar-refractivity contribution in [1.82, 2.24) is 15.6 Å². The van der Waals surface area contributed by atoms with E-state index in [0.29, 0.717) is 13.2 Å². The number of aryl methyl sites for hydroxylation is 1. The minimum atomic E-state index is 0.577. The second kappa shape index (κ2) is 9.52. The minimum Gasteiger partial charge on any atom is -0.492 e. The van der Waals surface area contributed by atoms with Crippen molar-refractivity contribution < 1.29 is 4.74 Å². The van der Waals surface area contributed by atoms with E-state index in [9.17, 15) is 0 Å². The van der Waals surface area contributed by atoms with Crippen molar-refractivity contribution in [2.45, 2.75) is 13.3 Å². The van der Waals surface area contributed by atoms with Gasteiger partial charge >= 0.3 is 0 Å². The van der Waals surface area contributed by atoms with Gasteiger partial charge in [-0.1, -0.05) is 15.9 Å². The van der Waals surface area contributed by atoms with Crippen molar-refractivity contribution in [1.29, 1.82) is 0 Å². The summed E-state index contributed by atoms with van der Waals surface area (Å²) in [6.45, 7) is 4.09. The zero-order chi connectivity index (χ0) is 16.5. The van der Waals surface area contributed by atoms with Crippen molar-refractivity contribution in [3.05, 3.63) is 44.8 Å². The van der Waals surface area contributed by atoms with Gasteiger partial charge in [-0.25, -0.2) is 4.98 Å². The normalized spacial score (nSPS) is 11.3. The molecular weight excluding hydrogens is 376 g/mol. The molecule has 0 amide bonds. The van der Waals surface area contributed by atoms with Gasteiger partial charge in [0.1, 0.15) is 12.4 Å². The van der Waals surface area contributed by atoms with Gasteiger partial charge in [-0.15, -0.1) is 11.3 Å². The number of nitrogens with zero attached hydrogens (tertiary/aromatic N) is 2. The third-order valence-electron chi connectivity index (χ3n) is 3.04. The summed E-state index contributed by atoms with van der Waals surface area (Å²) < 4.78 is 6.70. The molecule has 2 aromatic rings. The number of hydrogen-bond acceptors (Lipinski definition) is 4. The van der Waals surface area contributed by atoms with Crippen LogP contribution in [0.4, 0.5) is 0 Å². The van der Waals surface area contributed by atoms with Gasteiger partial charge in [-0.05, 0) is 31.2 Å². The zero-order valence-corrected chi connectivity index (χ0v) is 15.7. The number of halogens is 1.